The van der Waals surface area contributed by atoms with Gasteiger partial charge in [0.2, 0.25) is 11.6 Å². The SMILES string of the molecule is CCO[Si](CCCCN(F)C(=O)Oc1cc(F)c(F)c(F)c1F)(OC)OC. The fourth-order valence-electron chi connectivity index (χ4n) is 2.15. The van der Waals surface area contributed by atoms with Gasteiger partial charge in [-0.1, -0.05) is 4.48 Å². The molecular formula is C15H20F5NO5Si. The second-order valence-electron chi connectivity index (χ2n) is 5.23. The Bertz CT molecular complexity index is 648. The quantitative estimate of drug-likeness (QED) is 0.144. The summed E-state index contributed by atoms with van der Waals surface area (Å²) in [5.41, 5.74) is 0. The van der Waals surface area contributed by atoms with Gasteiger partial charge in [0.25, 0.3) is 0 Å². The van der Waals surface area contributed by atoms with Crippen LogP contribution in [0.3, 0.4) is 0 Å². The van der Waals surface area contributed by atoms with Crippen molar-refractivity contribution in [3.8, 4) is 5.75 Å². The summed E-state index contributed by atoms with van der Waals surface area (Å²) in [6.07, 6.45) is -1.18. The molecule has 154 valence electrons. The first-order valence-corrected chi connectivity index (χ1v) is 9.86. The van der Waals surface area contributed by atoms with Crippen LogP contribution in [0, 0.1) is 23.3 Å². The average Bonchev–Trinajstić information content (AvgIpc) is 2.66. The lowest BCUT2D eigenvalue weighted by Gasteiger charge is -2.25. The van der Waals surface area contributed by atoms with Crippen LogP contribution in [0.2, 0.25) is 6.04 Å². The van der Waals surface area contributed by atoms with Crippen molar-refractivity contribution in [1.82, 2.24) is 5.12 Å². The molecule has 1 aromatic rings. The minimum Gasteiger partial charge on any atom is -0.405 e. The third-order valence-electron chi connectivity index (χ3n) is 3.54. The Morgan fingerprint density at radius 1 is 1.07 bits per heavy atom. The van der Waals surface area contributed by atoms with Crippen LogP contribution in [0.1, 0.15) is 19.8 Å². The van der Waals surface area contributed by atoms with Crippen molar-refractivity contribution in [2.45, 2.75) is 25.8 Å². The molecule has 0 N–H and O–H groups in total. The van der Waals surface area contributed by atoms with Crippen LogP contribution < -0.4 is 4.74 Å². The maximum atomic E-state index is 13.7. The van der Waals surface area contributed by atoms with Gasteiger partial charge < -0.3 is 18.0 Å². The first kappa shape index (κ1) is 23.3. The Morgan fingerprint density at radius 3 is 2.26 bits per heavy atom. The molecule has 0 bridgehead atoms. The lowest BCUT2D eigenvalue weighted by Crippen LogP contribution is -2.43. The highest BCUT2D eigenvalue weighted by molar-refractivity contribution is 6.60. The number of carbonyl (C=O) groups is 1. The van der Waals surface area contributed by atoms with Gasteiger partial charge in [-0.15, -0.1) is 5.12 Å². The molecular weight excluding hydrogens is 397 g/mol. The summed E-state index contributed by atoms with van der Waals surface area (Å²) in [7, 11) is 0.00589. The smallest absolute Gasteiger partial charge is 0.405 e. The molecule has 0 aliphatic carbocycles. The van der Waals surface area contributed by atoms with Crippen molar-refractivity contribution in [2.75, 3.05) is 27.4 Å². The van der Waals surface area contributed by atoms with Gasteiger partial charge >= 0.3 is 14.9 Å². The number of ether oxygens (including phenoxy) is 1. The van der Waals surface area contributed by atoms with Gasteiger partial charge in [-0.3, -0.25) is 0 Å². The minimum atomic E-state index is -2.85. The Hall–Kier alpha value is -1.76. The number of unbranched alkanes of at least 4 members (excludes halogenated alkanes) is 1. The number of hydrogen-bond acceptors (Lipinski definition) is 5. The molecule has 0 aliphatic heterocycles. The van der Waals surface area contributed by atoms with Crippen LogP contribution in [-0.2, 0) is 13.3 Å². The maximum absolute atomic E-state index is 13.7. The molecule has 12 heteroatoms. The zero-order valence-corrected chi connectivity index (χ0v) is 16.0. The monoisotopic (exact) mass is 417 g/mol. The predicted octanol–water partition coefficient (Wildman–Crippen LogP) is 3.98. The van der Waals surface area contributed by atoms with E-state index in [1.165, 1.54) is 14.2 Å². The molecule has 0 atom stereocenters. The molecule has 0 saturated carbocycles. The van der Waals surface area contributed by atoms with Crippen molar-refractivity contribution in [3.05, 3.63) is 29.3 Å². The molecule has 0 radical (unpaired) electrons. The van der Waals surface area contributed by atoms with Gasteiger partial charge in [0, 0.05) is 32.9 Å². The second-order valence-corrected chi connectivity index (χ2v) is 8.20. The molecule has 0 heterocycles. The summed E-state index contributed by atoms with van der Waals surface area (Å²) in [6.45, 7) is 1.68. The van der Waals surface area contributed by atoms with E-state index in [2.05, 4.69) is 4.74 Å². The first-order valence-electron chi connectivity index (χ1n) is 7.93. The number of halogens is 5. The molecule has 1 rings (SSSR count). The normalized spacial score (nSPS) is 11.6. The van der Waals surface area contributed by atoms with E-state index in [-0.39, 0.29) is 12.5 Å². The number of rotatable bonds is 10. The first-order chi connectivity index (χ1) is 12.7. The van der Waals surface area contributed by atoms with Crippen molar-refractivity contribution >= 4 is 14.9 Å². The van der Waals surface area contributed by atoms with Gasteiger partial charge in [0.05, 0.1) is 6.54 Å². The maximum Gasteiger partial charge on any atom is 0.500 e. The zero-order valence-electron chi connectivity index (χ0n) is 15.0. The molecule has 0 unspecified atom stereocenters. The van der Waals surface area contributed by atoms with Crippen LogP contribution in [-0.4, -0.2) is 47.4 Å². The van der Waals surface area contributed by atoms with Gasteiger partial charge in [0.1, 0.15) is 0 Å². The number of nitrogens with zero attached hydrogens (tertiary/aromatic N) is 1. The number of carbonyl (C=O) groups excluding carboxylic acids is 1. The summed E-state index contributed by atoms with van der Waals surface area (Å²) < 4.78 is 86.3. The van der Waals surface area contributed by atoms with E-state index in [9.17, 15) is 26.8 Å². The van der Waals surface area contributed by atoms with E-state index in [0.29, 0.717) is 19.1 Å². The van der Waals surface area contributed by atoms with E-state index >= 15 is 0 Å². The molecule has 1 amide bonds. The van der Waals surface area contributed by atoms with Crippen molar-refractivity contribution in [2.24, 2.45) is 0 Å². The van der Waals surface area contributed by atoms with E-state index < -0.39 is 55.6 Å². The third kappa shape index (κ3) is 6.12. The highest BCUT2D eigenvalue weighted by atomic mass is 28.4. The Morgan fingerprint density at radius 2 is 1.70 bits per heavy atom. The van der Waals surface area contributed by atoms with E-state index in [0.717, 1.165) is 0 Å². The minimum absolute atomic E-state index is 0.110. The Kier molecular flexibility index (Phi) is 9.09. The number of benzene rings is 1. The van der Waals surface area contributed by atoms with Crippen LogP contribution in [0.15, 0.2) is 6.07 Å². The molecule has 0 aromatic heterocycles. The van der Waals surface area contributed by atoms with E-state index in [1.807, 2.05) is 0 Å². The summed E-state index contributed by atoms with van der Waals surface area (Å²) in [4.78, 5) is 11.5. The zero-order chi connectivity index (χ0) is 20.6. The van der Waals surface area contributed by atoms with E-state index in [4.69, 9.17) is 13.3 Å². The molecule has 0 spiro atoms. The standard InChI is InChI=1S/C15H20F5NO5Si/c1-4-25-27(23-2,24-3)8-6-5-7-21(20)15(22)26-11-9-10(16)12(17)14(19)13(11)18/h9H,4-8H2,1-3H3. The molecule has 0 saturated heterocycles. The largest absolute Gasteiger partial charge is 0.500 e. The van der Waals surface area contributed by atoms with E-state index in [1.54, 1.807) is 6.92 Å². The highest BCUT2D eigenvalue weighted by Gasteiger charge is 2.37. The molecule has 0 aliphatic rings. The lowest BCUT2D eigenvalue weighted by atomic mass is 10.3. The van der Waals surface area contributed by atoms with Crippen LogP contribution >= 0.6 is 0 Å². The summed E-state index contributed by atoms with van der Waals surface area (Å²) in [6, 6.07) is 0.471. The molecule has 27 heavy (non-hydrogen) atoms. The van der Waals surface area contributed by atoms with Crippen LogP contribution in [0.25, 0.3) is 0 Å². The highest BCUT2D eigenvalue weighted by Crippen LogP contribution is 2.25. The molecule has 1 aromatic carbocycles. The number of hydrogen-bond donors (Lipinski definition) is 0. The fraction of sp³-hybridized carbons (Fsp3) is 0.533. The average molecular weight is 417 g/mol. The lowest BCUT2D eigenvalue weighted by molar-refractivity contribution is 0.0345. The van der Waals surface area contributed by atoms with Gasteiger partial charge in [0.15, 0.2) is 17.4 Å². The fourth-order valence-corrected chi connectivity index (χ4v) is 4.23. The van der Waals surface area contributed by atoms with Crippen LogP contribution in [0.5, 0.6) is 5.75 Å². The summed E-state index contributed by atoms with van der Waals surface area (Å²) in [5.74, 6) is -9.22. The Labute approximate surface area is 154 Å². The number of amides is 1. The second kappa shape index (κ2) is 10.5. The van der Waals surface area contributed by atoms with Gasteiger partial charge in [-0.2, -0.15) is 4.39 Å². The summed E-state index contributed by atoms with van der Waals surface area (Å²) >= 11 is 0. The van der Waals surface area contributed by atoms with Crippen LogP contribution in [0.4, 0.5) is 26.8 Å². The molecule has 0 fully saturated rings. The van der Waals surface area contributed by atoms with Gasteiger partial charge in [-0.25, -0.2) is 18.0 Å². The van der Waals surface area contributed by atoms with Gasteiger partial charge in [-0.05, 0) is 19.8 Å². The predicted molar refractivity (Wildman–Crippen MR) is 85.6 cm³/mol. The van der Waals surface area contributed by atoms with Crippen molar-refractivity contribution < 1.29 is 44.9 Å². The molecule has 6 nitrogen and oxygen atoms in total. The van der Waals surface area contributed by atoms with Crippen molar-refractivity contribution in [1.29, 1.82) is 0 Å². The Balaban J connectivity index is 2.56. The van der Waals surface area contributed by atoms with Crippen molar-refractivity contribution in [3.63, 3.8) is 0 Å². The topological polar surface area (TPSA) is 57.2 Å². The third-order valence-corrected chi connectivity index (χ3v) is 6.48. The summed E-state index contributed by atoms with van der Waals surface area (Å²) in [5, 5.41) is -0.401.